The van der Waals surface area contributed by atoms with Crippen LogP contribution in [0.3, 0.4) is 0 Å². The Kier molecular flexibility index (Phi) is 4.77. The average Bonchev–Trinajstić information content (AvgIpc) is 3.29. The highest BCUT2D eigenvalue weighted by molar-refractivity contribution is 9.10. The third-order valence-electron chi connectivity index (χ3n) is 3.58. The van der Waals surface area contributed by atoms with Crippen LogP contribution in [-0.2, 0) is 11.2 Å². The van der Waals surface area contributed by atoms with Gasteiger partial charge < -0.3 is 9.15 Å². The summed E-state index contributed by atoms with van der Waals surface area (Å²) in [6.45, 7) is 0.217. The van der Waals surface area contributed by atoms with E-state index in [0.29, 0.717) is 17.3 Å². The van der Waals surface area contributed by atoms with Gasteiger partial charge >= 0.3 is 5.97 Å². The Labute approximate surface area is 161 Å². The van der Waals surface area contributed by atoms with Gasteiger partial charge in [0.05, 0.1) is 6.61 Å². The highest BCUT2D eigenvalue weighted by atomic mass is 79.9. The summed E-state index contributed by atoms with van der Waals surface area (Å²) < 4.78 is 12.0. The van der Waals surface area contributed by atoms with Crippen LogP contribution in [-0.4, -0.2) is 27.5 Å². The molecule has 26 heavy (non-hydrogen) atoms. The van der Waals surface area contributed by atoms with Gasteiger partial charge in [-0.15, -0.1) is 11.3 Å². The van der Waals surface area contributed by atoms with Crippen LogP contribution in [0.2, 0.25) is 0 Å². The number of hydrogen-bond acceptors (Lipinski definition) is 7. The lowest BCUT2D eigenvalue weighted by molar-refractivity contribution is 0.0499. The van der Waals surface area contributed by atoms with Gasteiger partial charge in [0, 0.05) is 34.1 Å². The summed E-state index contributed by atoms with van der Waals surface area (Å²) in [6, 6.07) is 9.48. The Balaban J connectivity index is 1.37. The van der Waals surface area contributed by atoms with Gasteiger partial charge in [0.15, 0.2) is 16.5 Å². The van der Waals surface area contributed by atoms with Crippen LogP contribution in [0.15, 0.2) is 57.0 Å². The second kappa shape index (κ2) is 7.35. The first-order valence-corrected chi connectivity index (χ1v) is 9.44. The lowest BCUT2D eigenvalue weighted by atomic mass is 10.2. The molecule has 8 heteroatoms. The quantitative estimate of drug-likeness (QED) is 0.434. The summed E-state index contributed by atoms with van der Waals surface area (Å²) in [6.07, 6.45) is 3.76. The molecule has 4 aromatic rings. The molecule has 3 aromatic heterocycles. The molecule has 4 rings (SSSR count). The van der Waals surface area contributed by atoms with Gasteiger partial charge in [-0.25, -0.2) is 19.7 Å². The molecule has 0 unspecified atom stereocenters. The van der Waals surface area contributed by atoms with Crippen molar-refractivity contribution in [2.24, 2.45) is 0 Å². The third kappa shape index (κ3) is 3.66. The minimum absolute atomic E-state index is 0.217. The number of halogens is 1. The Bertz CT molecular complexity index is 1060. The van der Waals surface area contributed by atoms with Crippen molar-refractivity contribution in [1.29, 1.82) is 0 Å². The fourth-order valence-electron chi connectivity index (χ4n) is 2.39. The molecule has 0 spiro atoms. The van der Waals surface area contributed by atoms with Gasteiger partial charge in [0.2, 0.25) is 0 Å². The van der Waals surface area contributed by atoms with E-state index in [1.807, 2.05) is 24.3 Å². The van der Waals surface area contributed by atoms with E-state index in [2.05, 4.69) is 30.9 Å². The number of ether oxygens (including phenoxy) is 1. The molecular weight excluding hydrogens is 418 g/mol. The van der Waals surface area contributed by atoms with Crippen LogP contribution in [0.1, 0.15) is 16.2 Å². The number of esters is 1. The van der Waals surface area contributed by atoms with Crippen molar-refractivity contribution in [3.05, 3.63) is 64.0 Å². The summed E-state index contributed by atoms with van der Waals surface area (Å²) in [4.78, 5) is 24.6. The fourth-order valence-corrected chi connectivity index (χ4v) is 3.50. The van der Waals surface area contributed by atoms with Gasteiger partial charge in [-0.1, -0.05) is 15.9 Å². The number of fused-ring (bicyclic) bond motifs is 1. The standard InChI is InChI=1S/C18H12BrN3O3S/c19-12-2-3-15-11(8-12)9-13(25-15)4-7-24-18(23)14-10-26-17(22-14)16-20-5-1-6-21-16/h1-3,5-6,8-10H,4,7H2. The normalized spacial score (nSPS) is 11.0. The monoisotopic (exact) mass is 429 g/mol. The largest absolute Gasteiger partial charge is 0.461 e. The summed E-state index contributed by atoms with van der Waals surface area (Å²) in [7, 11) is 0. The first-order valence-electron chi connectivity index (χ1n) is 7.77. The number of thiazole rings is 1. The van der Waals surface area contributed by atoms with Crippen molar-refractivity contribution in [1.82, 2.24) is 15.0 Å². The molecule has 0 saturated heterocycles. The maximum Gasteiger partial charge on any atom is 0.357 e. The van der Waals surface area contributed by atoms with Gasteiger partial charge in [-0.3, -0.25) is 0 Å². The van der Waals surface area contributed by atoms with Crippen molar-refractivity contribution in [3.8, 4) is 10.8 Å². The van der Waals surface area contributed by atoms with Crippen molar-refractivity contribution >= 4 is 44.2 Å². The number of carbonyl (C=O) groups is 1. The van der Waals surface area contributed by atoms with Gasteiger partial charge in [-0.2, -0.15) is 0 Å². The SMILES string of the molecule is O=C(OCCc1cc2cc(Br)ccc2o1)c1csc(-c2ncccn2)n1. The molecule has 0 atom stereocenters. The van der Waals surface area contributed by atoms with E-state index in [1.165, 1.54) is 11.3 Å². The Morgan fingerprint density at radius 2 is 2.08 bits per heavy atom. The van der Waals surface area contributed by atoms with Crippen molar-refractivity contribution in [2.75, 3.05) is 6.61 Å². The predicted octanol–water partition coefficient (Wildman–Crippen LogP) is 4.51. The third-order valence-corrected chi connectivity index (χ3v) is 4.91. The van der Waals surface area contributed by atoms with Gasteiger partial charge in [-0.05, 0) is 30.3 Å². The minimum Gasteiger partial charge on any atom is -0.461 e. The van der Waals surface area contributed by atoms with E-state index in [-0.39, 0.29) is 12.3 Å². The highest BCUT2D eigenvalue weighted by Gasteiger charge is 2.15. The number of carbonyl (C=O) groups excluding carboxylic acids is 1. The molecule has 0 saturated carbocycles. The lowest BCUT2D eigenvalue weighted by Crippen LogP contribution is -2.08. The molecule has 130 valence electrons. The van der Waals surface area contributed by atoms with Crippen LogP contribution in [0.5, 0.6) is 0 Å². The van der Waals surface area contributed by atoms with Crippen LogP contribution in [0.25, 0.3) is 21.8 Å². The van der Waals surface area contributed by atoms with Crippen molar-refractivity contribution < 1.29 is 13.9 Å². The van der Waals surface area contributed by atoms with Crippen LogP contribution < -0.4 is 0 Å². The first-order chi connectivity index (χ1) is 12.7. The molecule has 0 aliphatic carbocycles. The van der Waals surface area contributed by atoms with Crippen LogP contribution in [0.4, 0.5) is 0 Å². The fraction of sp³-hybridized carbons (Fsp3) is 0.111. The summed E-state index contributed by atoms with van der Waals surface area (Å²) in [5.74, 6) is 0.787. The van der Waals surface area contributed by atoms with E-state index in [4.69, 9.17) is 9.15 Å². The Morgan fingerprint density at radius 1 is 1.23 bits per heavy atom. The molecule has 0 N–H and O–H groups in total. The predicted molar refractivity (Wildman–Crippen MR) is 101 cm³/mol. The second-order valence-corrected chi connectivity index (χ2v) is 7.16. The van der Waals surface area contributed by atoms with Crippen LogP contribution in [0, 0.1) is 0 Å². The van der Waals surface area contributed by atoms with Crippen LogP contribution >= 0.6 is 27.3 Å². The smallest absolute Gasteiger partial charge is 0.357 e. The molecule has 1 aromatic carbocycles. The Morgan fingerprint density at radius 3 is 2.92 bits per heavy atom. The summed E-state index contributed by atoms with van der Waals surface area (Å²) in [5.41, 5.74) is 1.06. The lowest BCUT2D eigenvalue weighted by Gasteiger charge is -2.00. The van der Waals surface area contributed by atoms with Gasteiger partial charge in [0.1, 0.15) is 11.3 Å². The van der Waals surface area contributed by atoms with E-state index in [0.717, 1.165) is 21.2 Å². The molecule has 3 heterocycles. The maximum atomic E-state index is 12.1. The first kappa shape index (κ1) is 16.9. The number of rotatable bonds is 5. The molecule has 0 radical (unpaired) electrons. The average molecular weight is 430 g/mol. The number of nitrogens with zero attached hydrogens (tertiary/aromatic N) is 3. The zero-order valence-electron chi connectivity index (χ0n) is 13.4. The molecule has 0 fully saturated rings. The number of hydrogen-bond donors (Lipinski definition) is 0. The molecular formula is C18H12BrN3O3S. The second-order valence-electron chi connectivity index (χ2n) is 5.39. The van der Waals surface area contributed by atoms with E-state index < -0.39 is 5.97 Å². The summed E-state index contributed by atoms with van der Waals surface area (Å²) in [5, 5.41) is 3.24. The molecule has 6 nitrogen and oxygen atoms in total. The zero-order valence-corrected chi connectivity index (χ0v) is 15.8. The number of benzene rings is 1. The maximum absolute atomic E-state index is 12.1. The molecule has 0 aliphatic rings. The highest BCUT2D eigenvalue weighted by Crippen LogP contribution is 2.24. The minimum atomic E-state index is -0.470. The molecule has 0 amide bonds. The zero-order chi connectivity index (χ0) is 17.9. The summed E-state index contributed by atoms with van der Waals surface area (Å²) >= 11 is 4.74. The molecule has 0 bridgehead atoms. The van der Waals surface area contributed by atoms with E-state index in [9.17, 15) is 4.79 Å². The number of furan rings is 1. The number of aromatic nitrogens is 3. The van der Waals surface area contributed by atoms with E-state index in [1.54, 1.807) is 23.8 Å². The van der Waals surface area contributed by atoms with E-state index >= 15 is 0 Å². The molecule has 0 aliphatic heterocycles. The topological polar surface area (TPSA) is 78.1 Å². The van der Waals surface area contributed by atoms with Crippen molar-refractivity contribution in [3.63, 3.8) is 0 Å². The van der Waals surface area contributed by atoms with Crippen molar-refractivity contribution in [2.45, 2.75) is 6.42 Å². The Hall–Kier alpha value is -2.58. The van der Waals surface area contributed by atoms with Gasteiger partial charge in [0.25, 0.3) is 0 Å².